The van der Waals surface area contributed by atoms with E-state index in [4.69, 9.17) is 0 Å². The van der Waals surface area contributed by atoms with Gasteiger partial charge >= 0.3 is 6.03 Å². The highest BCUT2D eigenvalue weighted by atomic mass is 19.1. The van der Waals surface area contributed by atoms with E-state index in [1.165, 1.54) is 6.07 Å². The first-order chi connectivity index (χ1) is 17.0. The van der Waals surface area contributed by atoms with Gasteiger partial charge in [0.1, 0.15) is 5.82 Å². The predicted molar refractivity (Wildman–Crippen MR) is 131 cm³/mol. The minimum atomic E-state index is -0.405. The number of halogens is 1. The number of nitrogens with zero attached hydrogens (tertiary/aromatic N) is 1. The zero-order chi connectivity index (χ0) is 24.6. The summed E-state index contributed by atoms with van der Waals surface area (Å²) in [5, 5.41) is 8.17. The molecule has 0 unspecified atom stereocenters. The minimum Gasteiger partial charge on any atom is -0.348 e. The number of anilines is 1. The molecule has 4 rings (SSSR count). The summed E-state index contributed by atoms with van der Waals surface area (Å²) in [6.07, 6.45) is 2.07. The smallest absolute Gasteiger partial charge is 0.319 e. The Labute approximate surface area is 203 Å². The molecule has 1 heterocycles. The van der Waals surface area contributed by atoms with Crippen LogP contribution in [0.15, 0.2) is 72.8 Å². The number of carbonyl (C=O) groups is 3. The molecule has 1 saturated heterocycles. The topological polar surface area (TPSA) is 90.5 Å². The fourth-order valence-electron chi connectivity index (χ4n) is 3.90. The minimum absolute atomic E-state index is 0.0202. The second-order valence-corrected chi connectivity index (χ2v) is 8.36. The van der Waals surface area contributed by atoms with Crippen molar-refractivity contribution >= 4 is 23.5 Å². The molecule has 4 amide bonds. The first kappa shape index (κ1) is 23.9. The van der Waals surface area contributed by atoms with Gasteiger partial charge in [-0.15, -0.1) is 0 Å². The second-order valence-electron chi connectivity index (χ2n) is 8.36. The van der Waals surface area contributed by atoms with Crippen LogP contribution in [0.2, 0.25) is 0 Å². The molecule has 0 radical (unpaired) electrons. The zero-order valence-corrected chi connectivity index (χ0v) is 19.2. The molecule has 0 saturated carbocycles. The standard InChI is InChI=1S/C27H27FN4O3/c28-24-9-2-1-7-22(24)18-29-25(33)20-10-12-23(13-11-20)31-27(35)30-17-19-6-5-8-21(16-19)26(34)32-14-3-4-15-32/h1-2,5-13,16H,3-4,14-15,17-18H2,(H,29,33)(H2,30,31,35). The molecule has 3 aromatic rings. The average Bonchev–Trinajstić information content (AvgIpc) is 3.42. The van der Waals surface area contributed by atoms with Gasteiger partial charge in [0.25, 0.3) is 11.8 Å². The number of amides is 4. The third kappa shape index (κ3) is 6.44. The fourth-order valence-corrected chi connectivity index (χ4v) is 3.90. The van der Waals surface area contributed by atoms with Crippen LogP contribution in [0.1, 0.15) is 44.7 Å². The monoisotopic (exact) mass is 474 g/mol. The van der Waals surface area contributed by atoms with Gasteiger partial charge < -0.3 is 20.9 Å². The average molecular weight is 475 g/mol. The van der Waals surface area contributed by atoms with E-state index in [0.29, 0.717) is 22.4 Å². The molecule has 3 N–H and O–H groups in total. The molecule has 1 fully saturated rings. The third-order valence-corrected chi connectivity index (χ3v) is 5.82. The lowest BCUT2D eigenvalue weighted by Gasteiger charge is -2.15. The SMILES string of the molecule is O=C(NCc1cccc(C(=O)N2CCCC2)c1)Nc1ccc(C(=O)NCc2ccccc2F)cc1. The van der Waals surface area contributed by atoms with E-state index in [1.54, 1.807) is 54.6 Å². The highest BCUT2D eigenvalue weighted by Gasteiger charge is 2.19. The molecule has 0 aliphatic carbocycles. The van der Waals surface area contributed by atoms with Crippen molar-refractivity contribution in [1.82, 2.24) is 15.5 Å². The Hall–Kier alpha value is -4.20. The van der Waals surface area contributed by atoms with Crippen molar-refractivity contribution in [2.45, 2.75) is 25.9 Å². The summed E-state index contributed by atoms with van der Waals surface area (Å²) in [5.74, 6) is -0.692. The number of rotatable bonds is 7. The summed E-state index contributed by atoms with van der Waals surface area (Å²) in [6, 6.07) is 19.5. The van der Waals surface area contributed by atoms with Crippen LogP contribution in [-0.2, 0) is 13.1 Å². The predicted octanol–water partition coefficient (Wildman–Crippen LogP) is 4.31. The molecule has 0 aromatic heterocycles. The molecule has 0 spiro atoms. The normalized spacial score (nSPS) is 12.8. The molecule has 1 aliphatic rings. The van der Waals surface area contributed by atoms with Gasteiger partial charge in [0.2, 0.25) is 0 Å². The van der Waals surface area contributed by atoms with Gasteiger partial charge in [0.05, 0.1) is 0 Å². The van der Waals surface area contributed by atoms with E-state index in [0.717, 1.165) is 31.5 Å². The van der Waals surface area contributed by atoms with Crippen LogP contribution in [-0.4, -0.2) is 35.8 Å². The first-order valence-electron chi connectivity index (χ1n) is 11.5. The quantitative estimate of drug-likeness (QED) is 0.477. The van der Waals surface area contributed by atoms with Crippen LogP contribution >= 0.6 is 0 Å². The molecule has 3 aromatic carbocycles. The Morgan fingerprint density at radius 2 is 1.54 bits per heavy atom. The van der Waals surface area contributed by atoms with Crippen LogP contribution < -0.4 is 16.0 Å². The highest BCUT2D eigenvalue weighted by molar-refractivity contribution is 5.96. The van der Waals surface area contributed by atoms with Gasteiger partial charge in [-0.2, -0.15) is 0 Å². The molecular weight excluding hydrogens is 447 g/mol. The van der Waals surface area contributed by atoms with Crippen molar-refractivity contribution in [2.24, 2.45) is 0 Å². The molecule has 0 bridgehead atoms. The molecule has 1 aliphatic heterocycles. The summed E-state index contributed by atoms with van der Waals surface area (Å²) >= 11 is 0. The first-order valence-corrected chi connectivity index (χ1v) is 11.5. The van der Waals surface area contributed by atoms with Crippen molar-refractivity contribution in [3.63, 3.8) is 0 Å². The highest BCUT2D eigenvalue weighted by Crippen LogP contribution is 2.15. The fraction of sp³-hybridized carbons (Fsp3) is 0.222. The lowest BCUT2D eigenvalue weighted by atomic mass is 10.1. The van der Waals surface area contributed by atoms with Gasteiger partial charge in [0.15, 0.2) is 0 Å². The van der Waals surface area contributed by atoms with Crippen LogP contribution in [0.4, 0.5) is 14.9 Å². The second kappa shape index (κ2) is 11.3. The maximum absolute atomic E-state index is 13.7. The van der Waals surface area contributed by atoms with Crippen LogP contribution in [0.5, 0.6) is 0 Å². The van der Waals surface area contributed by atoms with E-state index >= 15 is 0 Å². The zero-order valence-electron chi connectivity index (χ0n) is 19.2. The number of urea groups is 1. The molecule has 0 atom stereocenters. The summed E-state index contributed by atoms with van der Waals surface area (Å²) < 4.78 is 13.7. The summed E-state index contributed by atoms with van der Waals surface area (Å²) in [6.45, 7) is 1.92. The maximum atomic E-state index is 13.7. The number of likely N-dealkylation sites (tertiary alicyclic amines) is 1. The Morgan fingerprint density at radius 3 is 2.29 bits per heavy atom. The Morgan fingerprint density at radius 1 is 0.800 bits per heavy atom. The van der Waals surface area contributed by atoms with Crippen LogP contribution in [0.25, 0.3) is 0 Å². The third-order valence-electron chi connectivity index (χ3n) is 5.82. The Kier molecular flexibility index (Phi) is 7.72. The Balaban J connectivity index is 1.25. The van der Waals surface area contributed by atoms with Crippen LogP contribution in [0.3, 0.4) is 0 Å². The van der Waals surface area contributed by atoms with Crippen molar-refractivity contribution < 1.29 is 18.8 Å². The van der Waals surface area contributed by atoms with Crippen molar-refractivity contribution in [3.8, 4) is 0 Å². The molecule has 35 heavy (non-hydrogen) atoms. The number of carbonyl (C=O) groups excluding carboxylic acids is 3. The van der Waals surface area contributed by atoms with E-state index < -0.39 is 6.03 Å². The van der Waals surface area contributed by atoms with E-state index in [-0.39, 0.29) is 30.7 Å². The number of hydrogen-bond acceptors (Lipinski definition) is 3. The largest absolute Gasteiger partial charge is 0.348 e. The van der Waals surface area contributed by atoms with Gasteiger partial charge in [-0.25, -0.2) is 9.18 Å². The summed E-state index contributed by atoms with van der Waals surface area (Å²) in [4.78, 5) is 39.0. The van der Waals surface area contributed by atoms with E-state index in [2.05, 4.69) is 16.0 Å². The molecule has 180 valence electrons. The lowest BCUT2D eigenvalue weighted by Crippen LogP contribution is -2.29. The van der Waals surface area contributed by atoms with Crippen molar-refractivity contribution in [3.05, 3.63) is 101 Å². The molecular formula is C27H27FN4O3. The van der Waals surface area contributed by atoms with Gasteiger partial charge in [-0.1, -0.05) is 30.3 Å². The Bertz CT molecular complexity index is 1210. The summed E-state index contributed by atoms with van der Waals surface area (Å²) in [7, 11) is 0. The summed E-state index contributed by atoms with van der Waals surface area (Å²) in [5.41, 5.74) is 2.77. The van der Waals surface area contributed by atoms with Gasteiger partial charge in [0, 0.05) is 48.6 Å². The molecule has 8 heteroatoms. The number of nitrogens with one attached hydrogen (secondary N) is 3. The number of benzene rings is 3. The van der Waals surface area contributed by atoms with E-state index in [1.807, 2.05) is 17.0 Å². The van der Waals surface area contributed by atoms with Crippen molar-refractivity contribution in [2.75, 3.05) is 18.4 Å². The van der Waals surface area contributed by atoms with Gasteiger partial charge in [-0.05, 0) is 60.9 Å². The van der Waals surface area contributed by atoms with Crippen molar-refractivity contribution in [1.29, 1.82) is 0 Å². The number of hydrogen-bond donors (Lipinski definition) is 3. The lowest BCUT2D eigenvalue weighted by molar-refractivity contribution is 0.0792. The van der Waals surface area contributed by atoms with E-state index in [9.17, 15) is 18.8 Å². The maximum Gasteiger partial charge on any atom is 0.319 e. The van der Waals surface area contributed by atoms with Crippen LogP contribution in [0, 0.1) is 5.82 Å². The van der Waals surface area contributed by atoms with Gasteiger partial charge in [-0.3, -0.25) is 9.59 Å². The molecule has 7 nitrogen and oxygen atoms in total.